The second-order valence-electron chi connectivity index (χ2n) is 5.46. The SMILES string of the molecule is C=C=CN(CCc1cc(C)c(C)o1)S(=O)(=O)c1ccc(C)cc1. The summed E-state index contributed by atoms with van der Waals surface area (Å²) < 4.78 is 32.3. The molecule has 0 aliphatic carbocycles. The van der Waals surface area contributed by atoms with Gasteiger partial charge < -0.3 is 4.42 Å². The molecule has 1 aromatic carbocycles. The average molecular weight is 331 g/mol. The topological polar surface area (TPSA) is 50.5 Å². The smallest absolute Gasteiger partial charge is 0.264 e. The monoisotopic (exact) mass is 331 g/mol. The first-order valence-corrected chi connectivity index (χ1v) is 8.79. The third-order valence-corrected chi connectivity index (χ3v) is 5.43. The van der Waals surface area contributed by atoms with Crippen molar-refractivity contribution < 1.29 is 12.8 Å². The van der Waals surface area contributed by atoms with Gasteiger partial charge >= 0.3 is 0 Å². The van der Waals surface area contributed by atoms with Crippen LogP contribution in [0, 0.1) is 20.8 Å². The van der Waals surface area contributed by atoms with E-state index in [4.69, 9.17) is 4.42 Å². The summed E-state index contributed by atoms with van der Waals surface area (Å²) in [5.41, 5.74) is 4.62. The van der Waals surface area contributed by atoms with Crippen LogP contribution in [0.5, 0.6) is 0 Å². The van der Waals surface area contributed by atoms with Crippen LogP contribution in [0.15, 0.2) is 58.2 Å². The van der Waals surface area contributed by atoms with Crippen LogP contribution < -0.4 is 0 Å². The van der Waals surface area contributed by atoms with Crippen LogP contribution >= 0.6 is 0 Å². The molecular weight excluding hydrogens is 310 g/mol. The largest absolute Gasteiger partial charge is 0.466 e. The van der Waals surface area contributed by atoms with Crippen molar-refractivity contribution in [3.8, 4) is 0 Å². The van der Waals surface area contributed by atoms with Crippen LogP contribution in [0.4, 0.5) is 0 Å². The zero-order chi connectivity index (χ0) is 17.0. The highest BCUT2D eigenvalue weighted by Gasteiger charge is 2.21. The standard InChI is InChI=1S/C18H21NO3S/c1-5-11-19(12-10-17-13-15(3)16(4)22-17)23(20,21)18-8-6-14(2)7-9-18/h6-9,11,13H,1,10,12H2,2-4H3. The Balaban J connectivity index is 2.23. The maximum absolute atomic E-state index is 12.7. The van der Waals surface area contributed by atoms with E-state index in [-0.39, 0.29) is 11.4 Å². The van der Waals surface area contributed by atoms with E-state index in [1.165, 1.54) is 10.5 Å². The molecule has 5 heteroatoms. The van der Waals surface area contributed by atoms with Crippen molar-refractivity contribution in [2.24, 2.45) is 0 Å². The molecule has 0 spiro atoms. The third kappa shape index (κ3) is 3.95. The van der Waals surface area contributed by atoms with Crippen LogP contribution in [0.2, 0.25) is 0 Å². The Hall–Kier alpha value is -2.23. The number of sulfonamides is 1. The van der Waals surface area contributed by atoms with Gasteiger partial charge in [-0.1, -0.05) is 24.3 Å². The van der Waals surface area contributed by atoms with Gasteiger partial charge in [0.25, 0.3) is 10.0 Å². The van der Waals surface area contributed by atoms with Gasteiger partial charge in [0.2, 0.25) is 0 Å². The molecule has 1 aromatic heterocycles. The van der Waals surface area contributed by atoms with E-state index >= 15 is 0 Å². The lowest BCUT2D eigenvalue weighted by molar-refractivity contribution is 0.448. The Morgan fingerprint density at radius 2 is 1.87 bits per heavy atom. The van der Waals surface area contributed by atoms with Gasteiger partial charge in [-0.3, -0.25) is 4.31 Å². The normalized spacial score (nSPS) is 11.1. The van der Waals surface area contributed by atoms with Gasteiger partial charge in [-0.15, -0.1) is 5.73 Å². The molecule has 0 bridgehead atoms. The van der Waals surface area contributed by atoms with Crippen molar-refractivity contribution in [2.45, 2.75) is 32.1 Å². The second-order valence-corrected chi connectivity index (χ2v) is 7.35. The van der Waals surface area contributed by atoms with Gasteiger partial charge in [-0.25, -0.2) is 8.42 Å². The lowest BCUT2D eigenvalue weighted by atomic mass is 10.2. The molecule has 0 amide bonds. The number of furan rings is 1. The molecule has 122 valence electrons. The molecule has 0 saturated carbocycles. The van der Waals surface area contributed by atoms with Crippen molar-refractivity contribution in [1.29, 1.82) is 0 Å². The Kier molecular flexibility index (Phi) is 5.14. The molecule has 1 heterocycles. The van der Waals surface area contributed by atoms with E-state index in [9.17, 15) is 8.42 Å². The summed E-state index contributed by atoms with van der Waals surface area (Å²) in [7, 11) is -3.62. The Morgan fingerprint density at radius 1 is 1.22 bits per heavy atom. The second kappa shape index (κ2) is 6.90. The van der Waals surface area contributed by atoms with Gasteiger partial charge in [-0.2, -0.15) is 0 Å². The first-order chi connectivity index (χ1) is 10.8. The van der Waals surface area contributed by atoms with Gasteiger partial charge in [0.15, 0.2) is 0 Å². The zero-order valence-electron chi connectivity index (χ0n) is 13.7. The van der Waals surface area contributed by atoms with E-state index in [1.807, 2.05) is 26.8 Å². The predicted octanol–water partition coefficient (Wildman–Crippen LogP) is 3.74. The van der Waals surface area contributed by atoms with Crippen LogP contribution in [0.1, 0.15) is 22.6 Å². The first kappa shape index (κ1) is 17.1. The van der Waals surface area contributed by atoms with Crippen LogP contribution in [-0.2, 0) is 16.4 Å². The summed E-state index contributed by atoms with van der Waals surface area (Å²) in [6.45, 7) is 9.53. The fourth-order valence-corrected chi connectivity index (χ4v) is 3.49. The number of hydrogen-bond donors (Lipinski definition) is 0. The van der Waals surface area contributed by atoms with Crippen molar-refractivity contribution >= 4 is 10.0 Å². The Labute approximate surface area is 137 Å². The fraction of sp³-hybridized carbons (Fsp3) is 0.278. The molecule has 0 N–H and O–H groups in total. The van der Waals surface area contributed by atoms with Crippen molar-refractivity contribution in [2.75, 3.05) is 6.54 Å². The maximum atomic E-state index is 12.7. The van der Waals surface area contributed by atoms with Crippen molar-refractivity contribution in [3.63, 3.8) is 0 Å². The summed E-state index contributed by atoms with van der Waals surface area (Å²) >= 11 is 0. The van der Waals surface area contributed by atoms with E-state index in [0.717, 1.165) is 22.6 Å². The highest BCUT2D eigenvalue weighted by atomic mass is 32.2. The lowest BCUT2D eigenvalue weighted by Crippen LogP contribution is -2.28. The molecule has 4 nitrogen and oxygen atoms in total. The molecule has 0 atom stereocenters. The van der Waals surface area contributed by atoms with Crippen molar-refractivity contribution in [3.05, 3.63) is 71.5 Å². The quantitative estimate of drug-likeness (QED) is 0.758. The molecule has 0 unspecified atom stereocenters. The number of benzene rings is 1. The molecular formula is C18H21NO3S. The van der Waals surface area contributed by atoms with Gasteiger partial charge in [0, 0.05) is 13.0 Å². The zero-order valence-corrected chi connectivity index (χ0v) is 14.5. The number of nitrogens with zero attached hydrogens (tertiary/aromatic N) is 1. The molecule has 2 rings (SSSR count). The van der Waals surface area contributed by atoms with E-state index in [2.05, 4.69) is 12.3 Å². The Morgan fingerprint density at radius 3 is 2.39 bits per heavy atom. The maximum Gasteiger partial charge on any atom is 0.264 e. The van der Waals surface area contributed by atoms with Gasteiger partial charge in [0.05, 0.1) is 11.1 Å². The van der Waals surface area contributed by atoms with Gasteiger partial charge in [-0.05, 0) is 44.5 Å². The summed E-state index contributed by atoms with van der Waals surface area (Å²) in [4.78, 5) is 0.251. The number of rotatable bonds is 6. The van der Waals surface area contributed by atoms with E-state index in [1.54, 1.807) is 24.3 Å². The minimum absolute atomic E-state index is 0.251. The molecule has 0 radical (unpaired) electrons. The third-order valence-electron chi connectivity index (χ3n) is 3.66. The Bertz CT molecular complexity index is 806. The summed E-state index contributed by atoms with van der Waals surface area (Å²) in [5.74, 6) is 1.62. The molecule has 0 aliphatic heterocycles. The van der Waals surface area contributed by atoms with Crippen LogP contribution in [-0.4, -0.2) is 19.3 Å². The predicted molar refractivity (Wildman–Crippen MR) is 90.7 cm³/mol. The van der Waals surface area contributed by atoms with Gasteiger partial charge in [0.1, 0.15) is 11.5 Å². The van der Waals surface area contributed by atoms with Crippen LogP contribution in [0.3, 0.4) is 0 Å². The van der Waals surface area contributed by atoms with Crippen LogP contribution in [0.25, 0.3) is 0 Å². The molecule has 0 fully saturated rings. The van der Waals surface area contributed by atoms with E-state index < -0.39 is 10.0 Å². The highest BCUT2D eigenvalue weighted by Crippen LogP contribution is 2.19. The minimum atomic E-state index is -3.62. The molecule has 0 saturated heterocycles. The number of hydrogen-bond acceptors (Lipinski definition) is 3. The highest BCUT2D eigenvalue weighted by molar-refractivity contribution is 7.89. The van der Waals surface area contributed by atoms with Crippen molar-refractivity contribution in [1.82, 2.24) is 4.31 Å². The lowest BCUT2D eigenvalue weighted by Gasteiger charge is -2.19. The summed E-state index contributed by atoms with van der Waals surface area (Å²) in [6, 6.07) is 8.71. The number of aryl methyl sites for hydroxylation is 3. The fourth-order valence-electron chi connectivity index (χ4n) is 2.19. The average Bonchev–Trinajstić information content (AvgIpc) is 2.82. The summed E-state index contributed by atoms with van der Waals surface area (Å²) in [6.07, 6.45) is 1.84. The minimum Gasteiger partial charge on any atom is -0.466 e. The molecule has 0 aliphatic rings. The summed E-state index contributed by atoms with van der Waals surface area (Å²) in [5, 5.41) is 0. The first-order valence-electron chi connectivity index (χ1n) is 7.35. The molecule has 23 heavy (non-hydrogen) atoms. The van der Waals surface area contributed by atoms with E-state index in [0.29, 0.717) is 6.42 Å². The molecule has 2 aromatic rings.